The van der Waals surface area contributed by atoms with Gasteiger partial charge in [-0.05, 0) is 53.7 Å². The number of hydrogen-bond donors (Lipinski definition) is 3. The van der Waals surface area contributed by atoms with Gasteiger partial charge in [0.15, 0.2) is 6.29 Å². The molecule has 4 rings (SSSR count). The van der Waals surface area contributed by atoms with E-state index in [0.29, 0.717) is 6.54 Å². The molecular formula is C46H66N2O6. The van der Waals surface area contributed by atoms with E-state index < -0.39 is 12.3 Å². The van der Waals surface area contributed by atoms with Crippen molar-refractivity contribution in [2.24, 2.45) is 5.92 Å². The summed E-state index contributed by atoms with van der Waals surface area (Å²) >= 11 is 0. The minimum absolute atomic E-state index is 0.00807. The Morgan fingerprint density at radius 2 is 1.31 bits per heavy atom. The van der Waals surface area contributed by atoms with Gasteiger partial charge in [-0.1, -0.05) is 158 Å². The molecule has 3 aromatic rings. The van der Waals surface area contributed by atoms with Crippen LogP contribution in [0.1, 0.15) is 145 Å². The molecule has 8 nitrogen and oxygen atoms in total. The summed E-state index contributed by atoms with van der Waals surface area (Å²) in [6, 6.07) is 24.4. The summed E-state index contributed by atoms with van der Waals surface area (Å²) in [6.07, 6.45) is 14.4. The second-order valence-corrected chi connectivity index (χ2v) is 15.1. The normalized spacial score (nSPS) is 18.5. The first-order valence-corrected chi connectivity index (χ1v) is 20.7. The van der Waals surface area contributed by atoms with Crippen LogP contribution in [0.2, 0.25) is 0 Å². The minimum Gasteiger partial charge on any atom is -0.481 e. The van der Waals surface area contributed by atoms with Gasteiger partial charge in [0, 0.05) is 31.0 Å². The van der Waals surface area contributed by atoms with Gasteiger partial charge in [-0.25, -0.2) is 0 Å². The SMILES string of the molecule is CCCCCCCCN(CCCCCCCC)C[C@@H]1O[C@H](c2ccc(-c3ccccc3CNC(=O)CCC(=O)O)cc2)O[C@H](c2ccc(CO)cc2)[C@@H]1C. The van der Waals surface area contributed by atoms with Gasteiger partial charge in [0.2, 0.25) is 5.91 Å². The highest BCUT2D eigenvalue weighted by molar-refractivity contribution is 5.80. The maximum absolute atomic E-state index is 12.2. The molecule has 8 heteroatoms. The highest BCUT2D eigenvalue weighted by Gasteiger charge is 2.39. The molecule has 0 aliphatic carbocycles. The Morgan fingerprint density at radius 1 is 0.722 bits per heavy atom. The first-order valence-electron chi connectivity index (χ1n) is 20.7. The number of unbranched alkanes of at least 4 members (excludes halogenated alkanes) is 10. The van der Waals surface area contributed by atoms with Crippen molar-refractivity contribution in [3.63, 3.8) is 0 Å². The molecule has 1 saturated heterocycles. The summed E-state index contributed by atoms with van der Waals surface area (Å²) in [7, 11) is 0. The molecule has 54 heavy (non-hydrogen) atoms. The van der Waals surface area contributed by atoms with Crippen molar-refractivity contribution in [2.75, 3.05) is 19.6 Å². The first kappa shape index (κ1) is 43.2. The Kier molecular flexibility index (Phi) is 19.2. The molecule has 0 bridgehead atoms. The highest BCUT2D eigenvalue weighted by Crippen LogP contribution is 2.42. The van der Waals surface area contributed by atoms with Crippen molar-refractivity contribution in [2.45, 2.75) is 142 Å². The number of carboxylic acids is 1. The van der Waals surface area contributed by atoms with Gasteiger partial charge in [-0.3, -0.25) is 9.59 Å². The van der Waals surface area contributed by atoms with E-state index in [-0.39, 0.29) is 43.5 Å². The van der Waals surface area contributed by atoms with Crippen LogP contribution in [0.3, 0.4) is 0 Å². The summed E-state index contributed by atoms with van der Waals surface area (Å²) in [5, 5.41) is 21.5. The number of ether oxygens (including phenoxy) is 2. The Morgan fingerprint density at radius 3 is 1.93 bits per heavy atom. The molecule has 0 unspecified atom stereocenters. The van der Waals surface area contributed by atoms with Gasteiger partial charge < -0.3 is 29.9 Å². The van der Waals surface area contributed by atoms with Gasteiger partial charge in [0.05, 0.1) is 25.2 Å². The van der Waals surface area contributed by atoms with Crippen LogP contribution in [-0.2, 0) is 32.2 Å². The molecule has 296 valence electrons. The van der Waals surface area contributed by atoms with Crippen molar-refractivity contribution < 1.29 is 29.3 Å². The largest absolute Gasteiger partial charge is 0.481 e. The fourth-order valence-corrected chi connectivity index (χ4v) is 7.39. The fourth-order valence-electron chi connectivity index (χ4n) is 7.39. The smallest absolute Gasteiger partial charge is 0.303 e. The minimum atomic E-state index is -0.984. The van der Waals surface area contributed by atoms with Crippen LogP contribution >= 0.6 is 0 Å². The second kappa shape index (κ2) is 24.1. The zero-order valence-corrected chi connectivity index (χ0v) is 33.1. The van der Waals surface area contributed by atoms with Crippen molar-refractivity contribution in [1.82, 2.24) is 10.2 Å². The summed E-state index contributed by atoms with van der Waals surface area (Å²) in [6.45, 7) is 10.1. The number of benzene rings is 3. The fraction of sp³-hybridized carbons (Fsp3) is 0.565. The molecule has 1 aliphatic rings. The van der Waals surface area contributed by atoms with E-state index >= 15 is 0 Å². The Labute approximate surface area is 324 Å². The molecule has 0 spiro atoms. The third-order valence-electron chi connectivity index (χ3n) is 10.8. The highest BCUT2D eigenvalue weighted by atomic mass is 16.7. The molecule has 1 heterocycles. The molecule has 3 N–H and O–H groups in total. The molecule has 3 aromatic carbocycles. The average Bonchev–Trinajstić information content (AvgIpc) is 3.19. The number of carbonyl (C=O) groups is 2. The van der Waals surface area contributed by atoms with Crippen LogP contribution in [0.4, 0.5) is 0 Å². The van der Waals surface area contributed by atoms with Gasteiger partial charge in [-0.15, -0.1) is 0 Å². The molecule has 1 fully saturated rings. The van der Waals surface area contributed by atoms with Crippen molar-refractivity contribution >= 4 is 11.9 Å². The molecular weight excluding hydrogens is 677 g/mol. The zero-order valence-electron chi connectivity index (χ0n) is 33.1. The zero-order chi connectivity index (χ0) is 38.5. The lowest BCUT2D eigenvalue weighted by Crippen LogP contribution is -2.45. The predicted octanol–water partition coefficient (Wildman–Crippen LogP) is 10.1. The van der Waals surface area contributed by atoms with Crippen LogP contribution in [-0.4, -0.2) is 52.7 Å². The third kappa shape index (κ3) is 14.3. The number of nitrogens with zero attached hydrogens (tertiary/aromatic N) is 1. The lowest BCUT2D eigenvalue weighted by atomic mass is 9.89. The van der Waals surface area contributed by atoms with Crippen molar-refractivity contribution in [1.29, 1.82) is 0 Å². The molecule has 0 aromatic heterocycles. The number of hydrogen-bond acceptors (Lipinski definition) is 6. The van der Waals surface area contributed by atoms with E-state index in [4.69, 9.17) is 14.6 Å². The van der Waals surface area contributed by atoms with Crippen LogP contribution in [0.25, 0.3) is 11.1 Å². The van der Waals surface area contributed by atoms with E-state index in [1.807, 2.05) is 36.4 Å². The number of aliphatic hydroxyl groups excluding tert-OH is 1. The summed E-state index contributed by atoms with van der Waals surface area (Å²) in [5.74, 6) is -1.15. The maximum atomic E-state index is 12.2. The van der Waals surface area contributed by atoms with Gasteiger partial charge >= 0.3 is 5.97 Å². The Balaban J connectivity index is 1.52. The Hall–Kier alpha value is -3.56. The number of rotatable bonds is 25. The van der Waals surface area contributed by atoms with Crippen LogP contribution in [0, 0.1) is 5.92 Å². The second-order valence-electron chi connectivity index (χ2n) is 15.1. The van der Waals surface area contributed by atoms with E-state index in [0.717, 1.165) is 53.0 Å². The summed E-state index contributed by atoms with van der Waals surface area (Å²) in [5.41, 5.74) is 5.89. The molecule has 0 saturated carbocycles. The van der Waals surface area contributed by atoms with Crippen LogP contribution < -0.4 is 5.32 Å². The van der Waals surface area contributed by atoms with Crippen LogP contribution in [0.5, 0.6) is 0 Å². The monoisotopic (exact) mass is 742 g/mol. The maximum Gasteiger partial charge on any atom is 0.303 e. The quantitative estimate of drug-likeness (QED) is 0.0742. The molecule has 4 atom stereocenters. The summed E-state index contributed by atoms with van der Waals surface area (Å²) < 4.78 is 13.7. The predicted molar refractivity (Wildman–Crippen MR) is 217 cm³/mol. The standard InChI is InChI=1S/C46H66N2O6/c1-4-6-8-10-12-16-30-48(31-17-13-11-9-7-5-2)33-42-35(3)45(38-22-20-36(34-49)21-23-38)54-46(53-42)39-26-24-37(25-27-39)41-19-15-14-18-40(41)32-47-43(50)28-29-44(51)52/h14-15,18-27,35,42,45-46,49H,4-13,16-17,28-34H2,1-3H3,(H,47,50)(H,51,52)/t35-,42+,45+,46+/m1/s1. The molecule has 0 radical (unpaired) electrons. The van der Waals surface area contributed by atoms with E-state index in [9.17, 15) is 14.7 Å². The number of nitrogens with one attached hydrogen (secondary N) is 1. The number of carboxylic acid groups (broad SMARTS) is 1. The first-order chi connectivity index (χ1) is 26.3. The lowest BCUT2D eigenvalue weighted by molar-refractivity contribution is -0.276. The number of carbonyl (C=O) groups excluding carboxylic acids is 1. The van der Waals surface area contributed by atoms with E-state index in [1.54, 1.807) is 0 Å². The van der Waals surface area contributed by atoms with Crippen molar-refractivity contribution in [3.05, 3.63) is 95.1 Å². The Bertz CT molecular complexity index is 1490. The third-order valence-corrected chi connectivity index (χ3v) is 10.8. The van der Waals surface area contributed by atoms with Gasteiger partial charge in [-0.2, -0.15) is 0 Å². The number of amides is 1. The average molecular weight is 743 g/mol. The van der Waals surface area contributed by atoms with E-state index in [2.05, 4.69) is 67.4 Å². The molecule has 1 aliphatic heterocycles. The van der Waals surface area contributed by atoms with Gasteiger partial charge in [0.25, 0.3) is 0 Å². The number of aliphatic carboxylic acids is 1. The van der Waals surface area contributed by atoms with Crippen molar-refractivity contribution in [3.8, 4) is 11.1 Å². The topological polar surface area (TPSA) is 108 Å². The van der Waals surface area contributed by atoms with Gasteiger partial charge in [0.1, 0.15) is 0 Å². The molecule has 1 amide bonds. The lowest BCUT2D eigenvalue weighted by Gasteiger charge is -2.43. The van der Waals surface area contributed by atoms with Crippen LogP contribution in [0.15, 0.2) is 72.8 Å². The van der Waals surface area contributed by atoms with E-state index in [1.165, 1.54) is 77.0 Å². The number of aliphatic hydroxyl groups is 1. The summed E-state index contributed by atoms with van der Waals surface area (Å²) in [4.78, 5) is 25.8.